The number of rotatable bonds is 12. The van der Waals surface area contributed by atoms with Gasteiger partial charge >= 0.3 is 10.4 Å². The number of halogens is 1. The smallest absolute Gasteiger partial charge is 0.433 e. The third-order valence-electron chi connectivity index (χ3n) is 5.42. The van der Waals surface area contributed by atoms with Crippen molar-refractivity contribution in [1.82, 2.24) is 15.0 Å². The van der Waals surface area contributed by atoms with Gasteiger partial charge in [-0.1, -0.05) is 16.8 Å². The second-order valence-electron chi connectivity index (χ2n) is 8.07. The fourth-order valence-corrected chi connectivity index (χ4v) is 5.17. The van der Waals surface area contributed by atoms with Crippen LogP contribution in [0, 0.1) is 11.4 Å². The molecular weight excluding hydrogens is 712 g/mol. The molecule has 4 rings (SSSR count). The van der Waals surface area contributed by atoms with Crippen LogP contribution in [0.2, 0.25) is 5.28 Å². The van der Waals surface area contributed by atoms with Crippen LogP contribution in [-0.4, -0.2) is 64.2 Å². The minimum absolute atomic E-state index is 0. The maximum absolute atomic E-state index is 11.2. The third-order valence-corrected chi connectivity index (χ3v) is 7.67. The molecule has 5 N–H and O–H groups in total. The minimum Gasteiger partial charge on any atom is -0.505 e. The molecule has 0 atom stereocenters. The van der Waals surface area contributed by atoms with Crippen LogP contribution in [0.5, 0.6) is 11.5 Å². The Bertz CT molecular complexity index is 1910. The molecule has 0 fully saturated rings. The van der Waals surface area contributed by atoms with Crippen LogP contribution in [0.15, 0.2) is 67.6 Å². The van der Waals surface area contributed by atoms with E-state index in [1.165, 1.54) is 18.9 Å². The molecule has 0 aliphatic heterocycles. The number of aromatic hydroxyl groups is 1. The number of anilines is 2. The Hall–Kier alpha value is -3.66. The van der Waals surface area contributed by atoms with E-state index in [2.05, 4.69) is 49.0 Å². The summed E-state index contributed by atoms with van der Waals surface area (Å²) < 4.78 is 43.0. The second kappa shape index (κ2) is 16.8. The molecule has 1 aromatic heterocycles. The fraction of sp³-hybridized carbons (Fsp3) is 0.125. The molecule has 0 saturated carbocycles. The monoisotopic (exact) mass is 732 g/mol. The number of thioether (sulfide) groups is 2. The number of azo groups is 1. The van der Waals surface area contributed by atoms with Gasteiger partial charge in [0.1, 0.15) is 17.1 Å². The summed E-state index contributed by atoms with van der Waals surface area (Å²) in [6.07, 6.45) is 3.75. The zero-order valence-electron chi connectivity index (χ0n) is 23.4. The molecule has 0 spiro atoms. The van der Waals surface area contributed by atoms with E-state index < -0.39 is 10.4 Å². The van der Waals surface area contributed by atoms with Gasteiger partial charge in [0.05, 0.1) is 24.0 Å². The molecule has 46 heavy (non-hydrogen) atoms. The average molecular weight is 733 g/mol. The lowest BCUT2D eigenvalue weighted by Gasteiger charge is -2.18. The van der Waals surface area contributed by atoms with Crippen molar-refractivity contribution in [3.63, 3.8) is 0 Å². The lowest BCUT2D eigenvalue weighted by Crippen LogP contribution is -2.14. The van der Waals surface area contributed by atoms with Crippen LogP contribution < -0.4 is 9.64 Å². The number of nitrogens with zero attached hydrogens (tertiary/aromatic N) is 6. The van der Waals surface area contributed by atoms with E-state index in [1.54, 1.807) is 54.4 Å². The Kier molecular flexibility index (Phi) is 13.4. The third kappa shape index (κ3) is 9.67. The van der Waals surface area contributed by atoms with E-state index in [0.717, 1.165) is 11.8 Å². The Balaban J connectivity index is 0.00000576. The number of fused-ring (bicyclic) bond motifs is 1. The van der Waals surface area contributed by atoms with Gasteiger partial charge in [-0.05, 0) is 81.8 Å². The number of methoxy groups -OCH3 is 1. The van der Waals surface area contributed by atoms with E-state index in [1.807, 2.05) is 12.4 Å². The van der Waals surface area contributed by atoms with E-state index >= 15 is 0 Å². The van der Waals surface area contributed by atoms with Gasteiger partial charge in [0.2, 0.25) is 11.2 Å². The molecule has 1 heterocycles. The zero-order valence-corrected chi connectivity index (χ0v) is 27.5. The van der Waals surface area contributed by atoms with Gasteiger partial charge in [0.25, 0.3) is 0 Å². The van der Waals surface area contributed by atoms with Crippen LogP contribution in [0.4, 0.5) is 23.0 Å². The number of ether oxygens (including phenoxy) is 1. The normalized spacial score (nSPS) is 11.2. The molecule has 0 aliphatic rings. The number of phenolic OH excluding ortho intramolecular Hbond substituents is 1. The number of aromatic nitrogens is 3. The highest BCUT2D eigenvalue weighted by atomic mass is 35.5. The van der Waals surface area contributed by atoms with Crippen LogP contribution in [0.25, 0.3) is 10.8 Å². The highest BCUT2D eigenvalue weighted by Crippen LogP contribution is 2.45. The van der Waals surface area contributed by atoms with Crippen molar-refractivity contribution in [2.75, 3.05) is 25.3 Å². The molecule has 3 aromatic carbocycles. The maximum Gasteiger partial charge on any atom is 0.433 e. The zero-order chi connectivity index (χ0) is 32.6. The number of hydrogen-bond acceptors (Lipinski definition) is 18. The van der Waals surface area contributed by atoms with Crippen LogP contribution in [0.3, 0.4) is 0 Å². The van der Waals surface area contributed by atoms with Crippen molar-refractivity contribution in [1.29, 1.82) is 0 Å². The SMILES string of the molecule is COc1cc(SC#COOS(=O)(=O)O)ccc1N=Nc1c(SOOO)cc2cc(N(C)c3nc(Cl)nc(SC)n3)ccc2c1O.O. The van der Waals surface area contributed by atoms with Gasteiger partial charge in [-0.3, -0.25) is 9.44 Å². The fourth-order valence-electron chi connectivity index (χ4n) is 3.50. The van der Waals surface area contributed by atoms with Gasteiger partial charge in [0.15, 0.2) is 17.0 Å². The molecule has 0 unspecified atom stereocenters. The standard InChI is InChI=1S/C24H19ClN6O10S4.H2O/c1-31(23-26-22(25)27-24(28-23)42-3)14-4-6-16-13(10-14)11-19(44-40-39-33)20(21(16)32)30-29-17-7-5-15(12-18(17)37-2)43-9-8-38-41-45(34,35)36;/h4-7,10-12,32-33H,1-3H3,(H,34,35,36);1H2. The molecule has 0 radical (unpaired) electrons. The summed E-state index contributed by atoms with van der Waals surface area (Å²) in [5, 5.41) is 36.0. The summed E-state index contributed by atoms with van der Waals surface area (Å²) in [5.41, 5.74) is 0.931. The number of benzene rings is 3. The van der Waals surface area contributed by atoms with Gasteiger partial charge in [-0.2, -0.15) is 23.4 Å². The predicted molar refractivity (Wildman–Crippen MR) is 169 cm³/mol. The molecule has 4 aromatic rings. The van der Waals surface area contributed by atoms with Crippen molar-refractivity contribution in [3.05, 3.63) is 47.7 Å². The van der Waals surface area contributed by atoms with Crippen molar-refractivity contribution < 1.29 is 52.1 Å². The Morgan fingerprint density at radius 2 is 1.87 bits per heavy atom. The van der Waals surface area contributed by atoms with Crippen LogP contribution in [-0.2, 0) is 29.0 Å². The van der Waals surface area contributed by atoms with E-state index in [4.69, 9.17) is 26.1 Å². The average Bonchev–Trinajstić information content (AvgIpc) is 3.02. The Labute approximate surface area is 278 Å². The molecule has 0 bridgehead atoms. The van der Waals surface area contributed by atoms with Crippen LogP contribution >= 0.6 is 47.2 Å². The molecular formula is C24H21ClN6O11S4. The lowest BCUT2D eigenvalue weighted by atomic mass is 10.1. The van der Waals surface area contributed by atoms with Crippen molar-refractivity contribution in [2.24, 2.45) is 10.2 Å². The highest BCUT2D eigenvalue weighted by molar-refractivity contribution is 8.04. The molecule has 0 amide bonds. The van der Waals surface area contributed by atoms with Crippen molar-refractivity contribution >= 4 is 91.3 Å². The molecule has 22 heteroatoms. The highest BCUT2D eigenvalue weighted by Gasteiger charge is 2.18. The summed E-state index contributed by atoms with van der Waals surface area (Å²) in [5.74, 6) is 0.349. The van der Waals surface area contributed by atoms with Gasteiger partial charge in [0, 0.05) is 28.3 Å². The molecule has 0 aliphatic carbocycles. The number of phenols is 1. The summed E-state index contributed by atoms with van der Waals surface area (Å²) in [6.45, 7) is 0. The second-order valence-corrected chi connectivity index (χ2v) is 11.8. The lowest BCUT2D eigenvalue weighted by molar-refractivity contribution is -0.432. The predicted octanol–water partition coefficient (Wildman–Crippen LogP) is 5.66. The van der Waals surface area contributed by atoms with Crippen molar-refractivity contribution in [2.45, 2.75) is 14.9 Å². The van der Waals surface area contributed by atoms with Crippen molar-refractivity contribution in [3.8, 4) is 22.9 Å². The maximum atomic E-state index is 11.2. The largest absolute Gasteiger partial charge is 0.505 e. The molecule has 17 nitrogen and oxygen atoms in total. The topological polar surface area (TPSA) is 239 Å². The van der Waals surface area contributed by atoms with E-state index in [9.17, 15) is 13.5 Å². The van der Waals surface area contributed by atoms with Gasteiger partial charge in [-0.25, -0.2) is 5.26 Å². The summed E-state index contributed by atoms with van der Waals surface area (Å²) in [6, 6.07) is 11.5. The Morgan fingerprint density at radius 3 is 2.57 bits per heavy atom. The summed E-state index contributed by atoms with van der Waals surface area (Å²) in [7, 11) is -1.65. The van der Waals surface area contributed by atoms with E-state index in [-0.39, 0.29) is 38.5 Å². The molecule has 0 saturated heterocycles. The minimum atomic E-state index is -4.79. The Morgan fingerprint density at radius 1 is 1.09 bits per heavy atom. The first kappa shape index (κ1) is 36.8. The van der Waals surface area contributed by atoms with Gasteiger partial charge < -0.3 is 20.2 Å². The summed E-state index contributed by atoms with van der Waals surface area (Å²) >= 11 is 8.88. The number of hydrogen-bond donors (Lipinski definition) is 3. The van der Waals surface area contributed by atoms with E-state index in [0.29, 0.717) is 44.5 Å². The van der Waals surface area contributed by atoms with Gasteiger partial charge in [-0.15, -0.1) is 14.6 Å². The quantitative estimate of drug-likeness (QED) is 0.0302. The first-order valence-electron chi connectivity index (χ1n) is 11.8. The summed E-state index contributed by atoms with van der Waals surface area (Å²) in [4.78, 5) is 19.2. The first-order chi connectivity index (χ1) is 21.5. The molecule has 244 valence electrons. The van der Waals surface area contributed by atoms with Crippen LogP contribution in [0.1, 0.15) is 0 Å². The first-order valence-corrected chi connectivity index (χ1v) is 16.3.